The van der Waals surface area contributed by atoms with Crippen LogP contribution >= 0.6 is 0 Å². The number of rotatable bonds is 8. The van der Waals surface area contributed by atoms with Gasteiger partial charge in [-0.25, -0.2) is 13.1 Å². The van der Waals surface area contributed by atoms with Gasteiger partial charge in [-0.2, -0.15) is 0 Å². The number of aromatic nitrogens is 1. The van der Waals surface area contributed by atoms with Gasteiger partial charge in [0, 0.05) is 35.5 Å². The van der Waals surface area contributed by atoms with E-state index in [1.165, 1.54) is 7.05 Å². The summed E-state index contributed by atoms with van der Waals surface area (Å²) < 4.78 is 31.5. The molecule has 1 aromatic heterocycles. The highest BCUT2D eigenvalue weighted by Crippen LogP contribution is 2.41. The molecule has 1 N–H and O–H groups in total. The lowest BCUT2D eigenvalue weighted by Crippen LogP contribution is -2.26. The number of fused-ring (bicyclic) bond motifs is 1. The average molecular weight is 448 g/mol. The van der Waals surface area contributed by atoms with E-state index >= 15 is 0 Å². The molecule has 3 aromatic carbocycles. The zero-order chi connectivity index (χ0) is 22.7. The first-order valence-electron chi connectivity index (χ1n) is 10.7. The maximum absolute atomic E-state index is 13.5. The summed E-state index contributed by atoms with van der Waals surface area (Å²) in [6.45, 7) is 1.30. The molecular formula is C26H29N3O2S. The van der Waals surface area contributed by atoms with Crippen LogP contribution in [-0.4, -0.2) is 45.6 Å². The van der Waals surface area contributed by atoms with E-state index in [1.807, 2.05) is 79.3 Å². The molecule has 4 rings (SSSR count). The van der Waals surface area contributed by atoms with Crippen molar-refractivity contribution in [2.24, 2.45) is 0 Å². The Labute approximate surface area is 190 Å². The number of nitrogens with zero attached hydrogens (tertiary/aromatic N) is 2. The van der Waals surface area contributed by atoms with Gasteiger partial charge in [-0.1, -0.05) is 78.9 Å². The maximum Gasteiger partial charge on any atom is 0.256 e. The van der Waals surface area contributed by atoms with Gasteiger partial charge in [0.25, 0.3) is 10.0 Å². The number of para-hydroxylation sites is 1. The third-order valence-electron chi connectivity index (χ3n) is 5.81. The molecule has 0 spiro atoms. The SMILES string of the molecule is CNS(=O)(=O)c1c(C(c2ccccc2)c2ccccc2)c2ccccc2n1CCN(C)C. The first-order chi connectivity index (χ1) is 15.4. The summed E-state index contributed by atoms with van der Waals surface area (Å²) in [5, 5.41) is 1.29. The molecule has 0 bridgehead atoms. The van der Waals surface area contributed by atoms with E-state index in [0.717, 1.165) is 34.1 Å². The summed E-state index contributed by atoms with van der Waals surface area (Å²) in [5.74, 6) is -0.221. The third-order valence-corrected chi connectivity index (χ3v) is 7.30. The molecule has 0 amide bonds. The van der Waals surface area contributed by atoms with Gasteiger partial charge in [-0.15, -0.1) is 0 Å². The van der Waals surface area contributed by atoms with Gasteiger partial charge in [-0.05, 0) is 38.3 Å². The molecular weight excluding hydrogens is 418 g/mol. The molecule has 4 aromatic rings. The fraction of sp³-hybridized carbons (Fsp3) is 0.231. The first kappa shape index (κ1) is 22.3. The molecule has 6 heteroatoms. The smallest absolute Gasteiger partial charge is 0.256 e. The van der Waals surface area contributed by atoms with Gasteiger partial charge in [0.2, 0.25) is 0 Å². The lowest BCUT2D eigenvalue weighted by atomic mass is 9.85. The van der Waals surface area contributed by atoms with Crippen LogP contribution in [0.25, 0.3) is 10.9 Å². The molecule has 0 saturated heterocycles. The van der Waals surface area contributed by atoms with Crippen LogP contribution in [0.15, 0.2) is 90.0 Å². The highest BCUT2D eigenvalue weighted by Gasteiger charge is 2.32. The number of hydrogen-bond donors (Lipinski definition) is 1. The second-order valence-electron chi connectivity index (χ2n) is 8.15. The second kappa shape index (κ2) is 9.28. The molecule has 0 radical (unpaired) electrons. The Hall–Kier alpha value is -2.93. The average Bonchev–Trinajstić information content (AvgIpc) is 3.14. The van der Waals surface area contributed by atoms with Crippen molar-refractivity contribution in [2.75, 3.05) is 27.7 Å². The molecule has 0 fully saturated rings. The summed E-state index contributed by atoms with van der Waals surface area (Å²) in [6, 6.07) is 28.2. The Morgan fingerprint density at radius 1 is 0.844 bits per heavy atom. The van der Waals surface area contributed by atoms with Crippen molar-refractivity contribution in [3.8, 4) is 0 Å². The van der Waals surface area contributed by atoms with Crippen LogP contribution in [0.5, 0.6) is 0 Å². The quantitative estimate of drug-likeness (QED) is 0.438. The summed E-state index contributed by atoms with van der Waals surface area (Å²) >= 11 is 0. The Balaban J connectivity index is 2.11. The molecule has 166 valence electrons. The summed E-state index contributed by atoms with van der Waals surface area (Å²) in [6.07, 6.45) is 0. The van der Waals surface area contributed by atoms with Crippen molar-refractivity contribution in [1.29, 1.82) is 0 Å². The second-order valence-corrected chi connectivity index (χ2v) is 9.95. The molecule has 0 aliphatic carbocycles. The monoisotopic (exact) mass is 447 g/mol. The van der Waals surface area contributed by atoms with Crippen molar-refractivity contribution >= 4 is 20.9 Å². The Kier molecular flexibility index (Phi) is 6.46. The van der Waals surface area contributed by atoms with Gasteiger partial charge < -0.3 is 9.47 Å². The van der Waals surface area contributed by atoms with E-state index in [-0.39, 0.29) is 5.92 Å². The van der Waals surface area contributed by atoms with Crippen LogP contribution in [0.2, 0.25) is 0 Å². The minimum absolute atomic E-state index is 0.221. The lowest BCUT2D eigenvalue weighted by molar-refractivity contribution is 0.379. The zero-order valence-electron chi connectivity index (χ0n) is 18.7. The summed E-state index contributed by atoms with van der Waals surface area (Å²) in [4.78, 5) is 2.07. The minimum Gasteiger partial charge on any atom is -0.329 e. The normalized spacial score (nSPS) is 12.2. The Morgan fingerprint density at radius 3 is 1.91 bits per heavy atom. The van der Waals surface area contributed by atoms with Crippen molar-refractivity contribution in [3.63, 3.8) is 0 Å². The van der Waals surface area contributed by atoms with E-state index in [2.05, 4.69) is 33.9 Å². The fourth-order valence-electron chi connectivity index (χ4n) is 4.31. The number of benzene rings is 3. The highest BCUT2D eigenvalue weighted by molar-refractivity contribution is 7.89. The van der Waals surface area contributed by atoms with Gasteiger partial charge >= 0.3 is 0 Å². The molecule has 0 aliphatic heterocycles. The fourth-order valence-corrected chi connectivity index (χ4v) is 5.50. The van der Waals surface area contributed by atoms with E-state index in [1.54, 1.807) is 0 Å². The van der Waals surface area contributed by atoms with Crippen molar-refractivity contribution in [1.82, 2.24) is 14.2 Å². The van der Waals surface area contributed by atoms with E-state index in [4.69, 9.17) is 0 Å². The van der Waals surface area contributed by atoms with Crippen molar-refractivity contribution < 1.29 is 8.42 Å². The number of sulfonamides is 1. The molecule has 0 saturated carbocycles. The molecule has 0 unspecified atom stereocenters. The predicted molar refractivity (Wildman–Crippen MR) is 131 cm³/mol. The van der Waals surface area contributed by atoms with Crippen LogP contribution < -0.4 is 4.72 Å². The topological polar surface area (TPSA) is 54.3 Å². The molecule has 0 aliphatic rings. The zero-order valence-corrected chi connectivity index (χ0v) is 19.5. The predicted octanol–water partition coefficient (Wildman–Crippen LogP) is 4.29. The van der Waals surface area contributed by atoms with Crippen LogP contribution in [0.4, 0.5) is 0 Å². The van der Waals surface area contributed by atoms with E-state index < -0.39 is 10.0 Å². The van der Waals surface area contributed by atoms with Crippen LogP contribution in [0, 0.1) is 0 Å². The largest absolute Gasteiger partial charge is 0.329 e. The summed E-state index contributed by atoms with van der Waals surface area (Å²) in [5.41, 5.74) is 3.85. The number of nitrogens with one attached hydrogen (secondary N) is 1. The summed E-state index contributed by atoms with van der Waals surface area (Å²) in [7, 11) is 1.73. The van der Waals surface area contributed by atoms with Crippen LogP contribution in [0.1, 0.15) is 22.6 Å². The molecule has 32 heavy (non-hydrogen) atoms. The number of likely N-dealkylation sites (N-methyl/N-ethyl adjacent to an activating group) is 1. The van der Waals surface area contributed by atoms with Gasteiger partial charge in [0.05, 0.1) is 0 Å². The first-order valence-corrected chi connectivity index (χ1v) is 12.2. The Morgan fingerprint density at radius 2 is 1.38 bits per heavy atom. The standard InChI is InChI=1S/C26H29N3O2S/c1-27-32(30,31)26-25(22-16-10-11-17-23(22)29(26)19-18-28(2)3)24(20-12-6-4-7-13-20)21-14-8-5-9-15-21/h4-17,24,27H,18-19H2,1-3H3. The van der Waals surface area contributed by atoms with Gasteiger partial charge in [0.15, 0.2) is 5.03 Å². The van der Waals surface area contributed by atoms with Crippen molar-refractivity contribution in [2.45, 2.75) is 17.5 Å². The maximum atomic E-state index is 13.5. The lowest BCUT2D eigenvalue weighted by Gasteiger charge is -2.21. The molecule has 1 heterocycles. The van der Waals surface area contributed by atoms with Crippen LogP contribution in [0.3, 0.4) is 0 Å². The Bertz CT molecular complexity index is 1260. The molecule has 5 nitrogen and oxygen atoms in total. The van der Waals surface area contributed by atoms with Gasteiger partial charge in [0.1, 0.15) is 0 Å². The van der Waals surface area contributed by atoms with Crippen LogP contribution in [-0.2, 0) is 16.6 Å². The van der Waals surface area contributed by atoms with E-state index in [0.29, 0.717) is 11.6 Å². The van der Waals surface area contributed by atoms with Crippen molar-refractivity contribution in [3.05, 3.63) is 102 Å². The van der Waals surface area contributed by atoms with E-state index in [9.17, 15) is 8.42 Å². The van der Waals surface area contributed by atoms with Gasteiger partial charge in [-0.3, -0.25) is 0 Å². The minimum atomic E-state index is -3.74. The highest BCUT2D eigenvalue weighted by atomic mass is 32.2. The molecule has 0 atom stereocenters. The number of hydrogen-bond acceptors (Lipinski definition) is 3. The third kappa shape index (κ3) is 4.21.